The molecule has 2 aromatic carbocycles. The maximum Gasteiger partial charge on any atom is 0.270 e. The van der Waals surface area contributed by atoms with Gasteiger partial charge in [-0.2, -0.15) is 14.6 Å². The Balaban J connectivity index is 1.70. The van der Waals surface area contributed by atoms with Crippen LogP contribution in [0.25, 0.3) is 17.0 Å². The highest BCUT2D eigenvalue weighted by Gasteiger charge is 2.19. The zero-order chi connectivity index (χ0) is 19.5. The second kappa shape index (κ2) is 7.60. The number of fused-ring (bicyclic) bond motifs is 1. The Morgan fingerprint density at radius 2 is 1.86 bits per heavy atom. The summed E-state index contributed by atoms with van der Waals surface area (Å²) in [7, 11) is 0. The average molecular weight is 371 g/mol. The van der Waals surface area contributed by atoms with Crippen LogP contribution in [0.4, 0.5) is 0 Å². The first-order valence-corrected chi connectivity index (χ1v) is 9.29. The predicted molar refractivity (Wildman–Crippen MR) is 108 cm³/mol. The number of nitrogens with zero attached hydrogens (tertiary/aromatic N) is 4. The number of hydrogen-bond acceptors (Lipinski definition) is 4. The van der Waals surface area contributed by atoms with Crippen LogP contribution < -0.4 is 5.32 Å². The van der Waals surface area contributed by atoms with Crippen LogP contribution in [0, 0.1) is 6.92 Å². The summed E-state index contributed by atoms with van der Waals surface area (Å²) in [6.45, 7) is 4.10. The van der Waals surface area contributed by atoms with Crippen LogP contribution in [-0.4, -0.2) is 25.5 Å². The Hall–Kier alpha value is -3.54. The van der Waals surface area contributed by atoms with Crippen molar-refractivity contribution in [1.82, 2.24) is 24.9 Å². The van der Waals surface area contributed by atoms with E-state index in [1.54, 1.807) is 6.07 Å². The van der Waals surface area contributed by atoms with E-state index >= 15 is 0 Å². The zero-order valence-electron chi connectivity index (χ0n) is 15.8. The summed E-state index contributed by atoms with van der Waals surface area (Å²) >= 11 is 0. The van der Waals surface area contributed by atoms with Crippen molar-refractivity contribution in [2.75, 3.05) is 0 Å². The van der Waals surface area contributed by atoms with Crippen molar-refractivity contribution in [1.29, 1.82) is 0 Å². The Morgan fingerprint density at radius 1 is 1.11 bits per heavy atom. The molecule has 4 rings (SSSR count). The van der Waals surface area contributed by atoms with Gasteiger partial charge >= 0.3 is 0 Å². The van der Waals surface area contributed by atoms with Gasteiger partial charge in [0.25, 0.3) is 11.7 Å². The van der Waals surface area contributed by atoms with Gasteiger partial charge in [-0.05, 0) is 25.0 Å². The number of amides is 1. The van der Waals surface area contributed by atoms with Gasteiger partial charge in [-0.25, -0.2) is 4.98 Å². The molecule has 0 aliphatic rings. The van der Waals surface area contributed by atoms with E-state index in [9.17, 15) is 4.79 Å². The lowest BCUT2D eigenvalue weighted by Gasteiger charge is -2.18. The molecule has 1 atom stereocenters. The Kier molecular flexibility index (Phi) is 4.85. The number of hydrogen-bond donors (Lipinski definition) is 1. The second-order valence-electron chi connectivity index (χ2n) is 6.71. The highest BCUT2D eigenvalue weighted by atomic mass is 16.2. The van der Waals surface area contributed by atoms with Crippen LogP contribution in [0.15, 0.2) is 67.0 Å². The van der Waals surface area contributed by atoms with E-state index in [2.05, 4.69) is 51.6 Å². The summed E-state index contributed by atoms with van der Waals surface area (Å²) in [5.74, 6) is 0.192. The van der Waals surface area contributed by atoms with E-state index in [0.29, 0.717) is 17.2 Å². The fraction of sp³-hybridized carbons (Fsp3) is 0.182. The number of aryl methyl sites for hydroxylation is 1. The van der Waals surface area contributed by atoms with E-state index in [1.165, 1.54) is 16.4 Å². The van der Waals surface area contributed by atoms with Gasteiger partial charge in [-0.15, -0.1) is 0 Å². The molecule has 0 saturated heterocycles. The van der Waals surface area contributed by atoms with Crippen LogP contribution in [0.3, 0.4) is 0 Å². The molecule has 2 aromatic heterocycles. The van der Waals surface area contributed by atoms with E-state index in [0.717, 1.165) is 17.5 Å². The molecule has 28 heavy (non-hydrogen) atoms. The zero-order valence-corrected chi connectivity index (χ0v) is 15.8. The maximum atomic E-state index is 13.1. The van der Waals surface area contributed by atoms with Gasteiger partial charge in [0, 0.05) is 5.56 Å². The minimum absolute atomic E-state index is 0.0833. The SMILES string of the molecule is CC[C@H](NC(=O)c1cc(-c2ccccc2)nc2ncnn12)c1ccc(C)cc1. The molecule has 140 valence electrons. The van der Waals surface area contributed by atoms with Gasteiger partial charge in [0.1, 0.15) is 12.0 Å². The first-order valence-electron chi connectivity index (χ1n) is 9.29. The number of rotatable bonds is 5. The van der Waals surface area contributed by atoms with Crippen molar-refractivity contribution < 1.29 is 4.79 Å². The molecule has 6 heteroatoms. The predicted octanol–water partition coefficient (Wildman–Crippen LogP) is 3.98. The van der Waals surface area contributed by atoms with Crippen LogP contribution in [0.1, 0.15) is 41.0 Å². The maximum absolute atomic E-state index is 13.1. The summed E-state index contributed by atoms with van der Waals surface area (Å²) in [6.07, 6.45) is 2.19. The van der Waals surface area contributed by atoms with Gasteiger partial charge in [-0.3, -0.25) is 4.79 Å². The van der Waals surface area contributed by atoms with Crippen molar-refractivity contribution in [3.8, 4) is 11.3 Å². The summed E-state index contributed by atoms with van der Waals surface area (Å²) in [4.78, 5) is 21.8. The van der Waals surface area contributed by atoms with Gasteiger partial charge in [0.15, 0.2) is 0 Å². The smallest absolute Gasteiger partial charge is 0.270 e. The quantitative estimate of drug-likeness (QED) is 0.576. The topological polar surface area (TPSA) is 72.2 Å². The molecule has 0 aliphatic heterocycles. The summed E-state index contributed by atoms with van der Waals surface area (Å²) < 4.78 is 1.48. The molecule has 0 unspecified atom stereocenters. The Bertz CT molecular complexity index is 1100. The van der Waals surface area contributed by atoms with E-state index in [4.69, 9.17) is 0 Å². The van der Waals surface area contributed by atoms with Gasteiger partial charge in [-0.1, -0.05) is 67.1 Å². The van der Waals surface area contributed by atoms with Crippen LogP contribution in [0.5, 0.6) is 0 Å². The lowest BCUT2D eigenvalue weighted by molar-refractivity contribution is 0.0928. The number of carbonyl (C=O) groups excluding carboxylic acids is 1. The standard InChI is InChI=1S/C22H21N5O/c1-3-18(17-11-9-15(2)10-12-17)25-21(28)20-13-19(16-7-5-4-6-8-16)26-22-23-14-24-27(20)22/h4-14,18H,3H2,1-2H3,(H,25,28)/t18-/m0/s1. The van der Waals surface area contributed by atoms with Gasteiger partial charge in [0.05, 0.1) is 11.7 Å². The number of nitrogens with one attached hydrogen (secondary N) is 1. The van der Waals surface area contributed by atoms with Crippen molar-refractivity contribution in [2.24, 2.45) is 0 Å². The van der Waals surface area contributed by atoms with Crippen LogP contribution in [-0.2, 0) is 0 Å². The molecule has 0 saturated carbocycles. The van der Waals surface area contributed by atoms with Gasteiger partial charge in [0.2, 0.25) is 0 Å². The van der Waals surface area contributed by atoms with Crippen molar-refractivity contribution >= 4 is 11.7 Å². The third kappa shape index (κ3) is 3.49. The molecular weight excluding hydrogens is 350 g/mol. The molecule has 2 heterocycles. The molecular formula is C22H21N5O. The summed E-state index contributed by atoms with van der Waals surface area (Å²) in [5, 5.41) is 7.30. The largest absolute Gasteiger partial charge is 0.344 e. The summed E-state index contributed by atoms with van der Waals surface area (Å²) in [5.41, 5.74) is 4.29. The highest BCUT2D eigenvalue weighted by molar-refractivity contribution is 5.94. The number of carbonyl (C=O) groups is 1. The molecule has 4 aromatic rings. The molecule has 6 nitrogen and oxygen atoms in total. The van der Waals surface area contributed by atoms with E-state index < -0.39 is 0 Å². The average Bonchev–Trinajstić information content (AvgIpc) is 3.21. The molecule has 0 radical (unpaired) electrons. The Labute approximate surface area is 163 Å². The summed E-state index contributed by atoms with van der Waals surface area (Å²) in [6, 6.07) is 19.6. The first-order chi connectivity index (χ1) is 13.7. The molecule has 0 spiro atoms. The monoisotopic (exact) mass is 371 g/mol. The lowest BCUT2D eigenvalue weighted by Crippen LogP contribution is -2.30. The Morgan fingerprint density at radius 3 is 2.57 bits per heavy atom. The third-order valence-electron chi connectivity index (χ3n) is 4.75. The number of aromatic nitrogens is 4. The minimum atomic E-state index is -0.206. The second-order valence-corrected chi connectivity index (χ2v) is 6.71. The first kappa shape index (κ1) is 17.9. The molecule has 1 amide bonds. The van der Waals surface area contributed by atoms with Crippen LogP contribution in [0.2, 0.25) is 0 Å². The molecule has 1 N–H and O–H groups in total. The van der Waals surface area contributed by atoms with E-state index in [-0.39, 0.29) is 11.9 Å². The van der Waals surface area contributed by atoms with Crippen molar-refractivity contribution in [3.05, 3.63) is 83.8 Å². The molecule has 0 bridgehead atoms. The fourth-order valence-electron chi connectivity index (χ4n) is 3.18. The lowest BCUT2D eigenvalue weighted by atomic mass is 10.0. The van der Waals surface area contributed by atoms with E-state index in [1.807, 2.05) is 37.3 Å². The third-order valence-corrected chi connectivity index (χ3v) is 4.75. The van der Waals surface area contributed by atoms with Crippen molar-refractivity contribution in [3.63, 3.8) is 0 Å². The molecule has 0 aliphatic carbocycles. The molecule has 0 fully saturated rings. The van der Waals surface area contributed by atoms with Gasteiger partial charge < -0.3 is 5.32 Å². The number of benzene rings is 2. The normalized spacial score (nSPS) is 12.1. The van der Waals surface area contributed by atoms with Crippen LogP contribution >= 0.6 is 0 Å². The fourth-order valence-corrected chi connectivity index (χ4v) is 3.18. The minimum Gasteiger partial charge on any atom is -0.344 e. The van der Waals surface area contributed by atoms with Crippen molar-refractivity contribution in [2.45, 2.75) is 26.3 Å². The highest BCUT2D eigenvalue weighted by Crippen LogP contribution is 2.21.